The zero-order valence-electron chi connectivity index (χ0n) is 12.6. The van der Waals surface area contributed by atoms with E-state index in [1.807, 2.05) is 6.92 Å². The number of nitrogens with one attached hydrogen (secondary N) is 1. The number of benzene rings is 1. The molecular formula is C16H19FN2O3. The molecular weight excluding hydrogens is 287 g/mol. The van der Waals surface area contributed by atoms with Crippen LogP contribution in [0.1, 0.15) is 17.4 Å². The molecule has 1 saturated heterocycles. The number of hydrogen-bond donors (Lipinski definition) is 1. The van der Waals surface area contributed by atoms with E-state index in [4.69, 9.17) is 9.47 Å². The van der Waals surface area contributed by atoms with Crippen LogP contribution in [-0.2, 0) is 16.5 Å². The number of carbonyl (C=O) groups excluding carboxylic acids is 1. The number of amides is 1. The smallest absolute Gasteiger partial charge is 0.268 e. The van der Waals surface area contributed by atoms with Gasteiger partial charge in [0.15, 0.2) is 0 Å². The van der Waals surface area contributed by atoms with Crippen LogP contribution < -0.4 is 5.32 Å². The Balaban J connectivity index is 1.81. The van der Waals surface area contributed by atoms with E-state index < -0.39 is 0 Å². The van der Waals surface area contributed by atoms with E-state index in [-0.39, 0.29) is 23.9 Å². The quantitative estimate of drug-likeness (QED) is 0.938. The number of aryl methyl sites for hydroxylation is 1. The van der Waals surface area contributed by atoms with Crippen LogP contribution in [0.4, 0.5) is 4.39 Å². The molecule has 118 valence electrons. The number of halogens is 1. The summed E-state index contributed by atoms with van der Waals surface area (Å²) >= 11 is 0. The molecule has 0 radical (unpaired) electrons. The Kier molecular flexibility index (Phi) is 4.13. The Morgan fingerprint density at radius 2 is 2.27 bits per heavy atom. The lowest BCUT2D eigenvalue weighted by atomic mass is 10.2. The van der Waals surface area contributed by atoms with Gasteiger partial charge in [0.25, 0.3) is 5.91 Å². The monoisotopic (exact) mass is 306 g/mol. The Morgan fingerprint density at radius 3 is 3.05 bits per heavy atom. The molecule has 0 unspecified atom stereocenters. The third-order valence-electron chi connectivity index (χ3n) is 3.96. The van der Waals surface area contributed by atoms with Gasteiger partial charge in [-0.3, -0.25) is 4.79 Å². The van der Waals surface area contributed by atoms with Crippen LogP contribution in [0.25, 0.3) is 10.9 Å². The fraction of sp³-hybridized carbons (Fsp3) is 0.438. The van der Waals surface area contributed by atoms with Gasteiger partial charge in [0.05, 0.1) is 19.3 Å². The van der Waals surface area contributed by atoms with Crippen LogP contribution in [-0.4, -0.2) is 42.4 Å². The highest BCUT2D eigenvalue weighted by molar-refractivity contribution is 5.98. The summed E-state index contributed by atoms with van der Waals surface area (Å²) < 4.78 is 26.0. The minimum absolute atomic E-state index is 0.124. The number of ether oxygens (including phenoxy) is 2. The molecule has 1 fully saturated rings. The lowest BCUT2D eigenvalue weighted by Gasteiger charge is -2.19. The molecule has 5 nitrogen and oxygen atoms in total. The highest BCUT2D eigenvalue weighted by Gasteiger charge is 2.30. The molecule has 2 aromatic rings. The van der Waals surface area contributed by atoms with Crippen molar-refractivity contribution in [3.05, 3.63) is 35.8 Å². The summed E-state index contributed by atoms with van der Waals surface area (Å²) in [5, 5.41) is 3.65. The normalized spacial score (nSPS) is 21.4. The predicted octanol–water partition coefficient (Wildman–Crippen LogP) is 1.85. The van der Waals surface area contributed by atoms with Crippen LogP contribution in [0.3, 0.4) is 0 Å². The lowest BCUT2D eigenvalue weighted by Crippen LogP contribution is -2.44. The van der Waals surface area contributed by atoms with Gasteiger partial charge in [-0.1, -0.05) is 0 Å². The highest BCUT2D eigenvalue weighted by Crippen LogP contribution is 2.20. The molecule has 1 N–H and O–H groups in total. The zero-order chi connectivity index (χ0) is 15.7. The summed E-state index contributed by atoms with van der Waals surface area (Å²) in [5.41, 5.74) is 1.30. The maximum atomic E-state index is 13.3. The molecule has 2 heterocycles. The molecule has 1 amide bonds. The van der Waals surface area contributed by atoms with Crippen molar-refractivity contribution in [2.75, 3.05) is 19.8 Å². The van der Waals surface area contributed by atoms with Crippen LogP contribution in [0.5, 0.6) is 0 Å². The average molecular weight is 306 g/mol. The second-order valence-electron chi connectivity index (χ2n) is 5.40. The molecule has 1 aromatic carbocycles. The van der Waals surface area contributed by atoms with E-state index in [0.717, 1.165) is 5.52 Å². The van der Waals surface area contributed by atoms with E-state index in [0.29, 0.717) is 30.9 Å². The topological polar surface area (TPSA) is 52.5 Å². The average Bonchev–Trinajstić information content (AvgIpc) is 3.04. The van der Waals surface area contributed by atoms with Crippen LogP contribution in [0, 0.1) is 5.82 Å². The number of nitrogens with zero attached hydrogens (tertiary/aromatic N) is 1. The minimum atomic E-state index is -0.314. The Bertz CT molecular complexity index is 698. The maximum Gasteiger partial charge on any atom is 0.268 e. The van der Waals surface area contributed by atoms with Crippen molar-refractivity contribution < 1.29 is 18.7 Å². The number of aromatic nitrogens is 1. The summed E-state index contributed by atoms with van der Waals surface area (Å²) in [6.07, 6.45) is -0.124. The maximum absolute atomic E-state index is 13.3. The minimum Gasteiger partial charge on any atom is -0.376 e. The Hall–Kier alpha value is -1.92. The van der Waals surface area contributed by atoms with Gasteiger partial charge in [-0.05, 0) is 31.2 Å². The molecule has 6 heteroatoms. The molecule has 0 spiro atoms. The number of hydrogen-bond acceptors (Lipinski definition) is 3. The van der Waals surface area contributed by atoms with Crippen molar-refractivity contribution in [3.63, 3.8) is 0 Å². The molecule has 1 aliphatic rings. The largest absolute Gasteiger partial charge is 0.376 e. The van der Waals surface area contributed by atoms with Gasteiger partial charge < -0.3 is 19.4 Å². The molecule has 22 heavy (non-hydrogen) atoms. The first-order chi connectivity index (χ1) is 10.6. The molecule has 0 bridgehead atoms. The van der Waals surface area contributed by atoms with E-state index in [1.165, 1.54) is 12.1 Å². The van der Waals surface area contributed by atoms with Crippen LogP contribution >= 0.6 is 0 Å². The fourth-order valence-electron chi connectivity index (χ4n) is 2.83. The first kappa shape index (κ1) is 15.0. The second-order valence-corrected chi connectivity index (χ2v) is 5.40. The Morgan fingerprint density at radius 1 is 1.45 bits per heavy atom. The summed E-state index contributed by atoms with van der Waals surface area (Å²) in [4.78, 5) is 12.5. The van der Waals surface area contributed by atoms with Gasteiger partial charge >= 0.3 is 0 Å². The van der Waals surface area contributed by atoms with Crippen LogP contribution in [0.2, 0.25) is 0 Å². The van der Waals surface area contributed by atoms with Crippen molar-refractivity contribution in [1.82, 2.24) is 9.88 Å². The van der Waals surface area contributed by atoms with Gasteiger partial charge in [0.2, 0.25) is 0 Å². The van der Waals surface area contributed by atoms with Gasteiger partial charge in [0.1, 0.15) is 17.6 Å². The van der Waals surface area contributed by atoms with Crippen molar-refractivity contribution in [2.24, 2.45) is 7.05 Å². The lowest BCUT2D eigenvalue weighted by molar-refractivity contribution is 0.0401. The molecule has 0 aliphatic carbocycles. The van der Waals surface area contributed by atoms with E-state index in [1.54, 1.807) is 23.7 Å². The Labute approximate surface area is 128 Å². The van der Waals surface area contributed by atoms with Crippen molar-refractivity contribution in [1.29, 1.82) is 0 Å². The molecule has 1 aliphatic heterocycles. The molecule has 2 atom stereocenters. The first-order valence-corrected chi connectivity index (χ1v) is 7.35. The number of carbonyl (C=O) groups is 1. The van der Waals surface area contributed by atoms with Gasteiger partial charge in [0, 0.05) is 24.6 Å². The van der Waals surface area contributed by atoms with E-state index in [9.17, 15) is 9.18 Å². The summed E-state index contributed by atoms with van der Waals surface area (Å²) in [5.74, 6) is -0.523. The third kappa shape index (κ3) is 2.71. The SMILES string of the molecule is CCO[C@H]1COC[C@@H]1NC(=O)c1cc2cc(F)ccc2n1C. The summed E-state index contributed by atoms with van der Waals surface area (Å²) in [7, 11) is 1.79. The number of fused-ring (bicyclic) bond motifs is 1. The zero-order valence-corrected chi connectivity index (χ0v) is 12.6. The van der Waals surface area contributed by atoms with Crippen molar-refractivity contribution in [2.45, 2.75) is 19.1 Å². The van der Waals surface area contributed by atoms with E-state index in [2.05, 4.69) is 5.32 Å². The fourth-order valence-corrected chi connectivity index (χ4v) is 2.83. The highest BCUT2D eigenvalue weighted by atomic mass is 19.1. The van der Waals surface area contributed by atoms with Crippen molar-refractivity contribution >= 4 is 16.8 Å². The van der Waals surface area contributed by atoms with E-state index >= 15 is 0 Å². The van der Waals surface area contributed by atoms with Gasteiger partial charge in [-0.15, -0.1) is 0 Å². The predicted molar refractivity (Wildman–Crippen MR) is 80.4 cm³/mol. The molecule has 3 rings (SSSR count). The summed E-state index contributed by atoms with van der Waals surface area (Å²) in [6.45, 7) is 3.41. The second kappa shape index (κ2) is 6.06. The molecule has 0 saturated carbocycles. The van der Waals surface area contributed by atoms with Crippen molar-refractivity contribution in [3.8, 4) is 0 Å². The van der Waals surface area contributed by atoms with Gasteiger partial charge in [-0.2, -0.15) is 0 Å². The first-order valence-electron chi connectivity index (χ1n) is 7.35. The van der Waals surface area contributed by atoms with Crippen LogP contribution in [0.15, 0.2) is 24.3 Å². The summed E-state index contributed by atoms with van der Waals surface area (Å²) in [6, 6.07) is 6.01. The standard InChI is InChI=1S/C16H19FN2O3/c1-3-22-15-9-21-8-12(15)18-16(20)14-7-10-6-11(17)4-5-13(10)19(14)2/h4-7,12,15H,3,8-9H2,1-2H3,(H,18,20)/t12-,15-/m0/s1. The van der Waals surface area contributed by atoms with Gasteiger partial charge in [-0.25, -0.2) is 4.39 Å². The third-order valence-corrected chi connectivity index (χ3v) is 3.96. The number of rotatable bonds is 4. The molecule has 1 aromatic heterocycles.